The van der Waals surface area contributed by atoms with Crippen molar-refractivity contribution in [1.29, 1.82) is 0 Å². The van der Waals surface area contributed by atoms with Crippen LogP contribution in [0.25, 0.3) is 0 Å². The maximum atomic E-state index is 10.5. The molecular formula is C8H10O4S. The fourth-order valence-corrected chi connectivity index (χ4v) is 1.63. The molecule has 4 nitrogen and oxygen atoms in total. The molecule has 5 heteroatoms. The lowest BCUT2D eigenvalue weighted by atomic mass is 10.1. The summed E-state index contributed by atoms with van der Waals surface area (Å²) in [6.07, 6.45) is 0. The van der Waals surface area contributed by atoms with Crippen molar-refractivity contribution in [3.05, 3.63) is 29.3 Å². The number of aromatic hydroxyl groups is 1. The largest absolute Gasteiger partial charge is 0.508 e. The fraction of sp³-hybridized carbons (Fsp3) is 0.250. The molecule has 0 fully saturated rings. The summed E-state index contributed by atoms with van der Waals surface area (Å²) in [4.78, 5) is 0. The van der Waals surface area contributed by atoms with Crippen molar-refractivity contribution >= 4 is 10.1 Å². The van der Waals surface area contributed by atoms with Crippen LogP contribution in [0.1, 0.15) is 11.1 Å². The van der Waals surface area contributed by atoms with Crippen molar-refractivity contribution in [2.75, 3.05) is 0 Å². The van der Waals surface area contributed by atoms with Gasteiger partial charge in [0.05, 0.1) is 0 Å². The van der Waals surface area contributed by atoms with Gasteiger partial charge in [-0.15, -0.1) is 0 Å². The summed E-state index contributed by atoms with van der Waals surface area (Å²) in [6, 6.07) is 4.58. The van der Waals surface area contributed by atoms with E-state index >= 15 is 0 Å². The van der Waals surface area contributed by atoms with Gasteiger partial charge in [0.15, 0.2) is 0 Å². The van der Waals surface area contributed by atoms with Crippen LogP contribution in [0.4, 0.5) is 0 Å². The van der Waals surface area contributed by atoms with Crippen LogP contribution in [0, 0.1) is 6.92 Å². The molecule has 1 rings (SSSR count). The van der Waals surface area contributed by atoms with Gasteiger partial charge in [-0.05, 0) is 18.6 Å². The molecule has 0 aliphatic heterocycles. The fourth-order valence-electron chi connectivity index (χ4n) is 0.992. The first kappa shape index (κ1) is 10.0. The molecule has 0 bridgehead atoms. The van der Waals surface area contributed by atoms with Gasteiger partial charge < -0.3 is 5.11 Å². The van der Waals surface area contributed by atoms with Gasteiger partial charge in [0, 0.05) is 5.56 Å². The predicted molar refractivity (Wildman–Crippen MR) is 48.1 cm³/mol. The van der Waals surface area contributed by atoms with Crippen LogP contribution in [0.3, 0.4) is 0 Å². The lowest BCUT2D eigenvalue weighted by molar-refractivity contribution is 0.461. The molecule has 72 valence electrons. The van der Waals surface area contributed by atoms with E-state index in [9.17, 15) is 13.5 Å². The molecule has 0 radical (unpaired) electrons. The zero-order valence-electron chi connectivity index (χ0n) is 7.06. The van der Waals surface area contributed by atoms with Crippen LogP contribution in [0.5, 0.6) is 5.75 Å². The summed E-state index contributed by atoms with van der Waals surface area (Å²) in [6.45, 7) is 1.77. The minimum absolute atomic E-state index is 0.113. The van der Waals surface area contributed by atoms with Crippen molar-refractivity contribution in [1.82, 2.24) is 0 Å². The van der Waals surface area contributed by atoms with Gasteiger partial charge in [-0.3, -0.25) is 4.55 Å². The highest BCUT2D eigenvalue weighted by molar-refractivity contribution is 7.85. The van der Waals surface area contributed by atoms with Crippen molar-refractivity contribution in [2.45, 2.75) is 12.7 Å². The average molecular weight is 202 g/mol. The zero-order valence-corrected chi connectivity index (χ0v) is 7.87. The van der Waals surface area contributed by atoms with E-state index in [1.807, 2.05) is 0 Å². The molecular weight excluding hydrogens is 192 g/mol. The van der Waals surface area contributed by atoms with E-state index in [-0.39, 0.29) is 11.3 Å². The van der Waals surface area contributed by atoms with Crippen LogP contribution in [0.2, 0.25) is 0 Å². The second kappa shape index (κ2) is 3.35. The van der Waals surface area contributed by atoms with Gasteiger partial charge in [-0.25, -0.2) is 0 Å². The third kappa shape index (κ3) is 3.04. The molecule has 0 aromatic heterocycles. The summed E-state index contributed by atoms with van der Waals surface area (Å²) in [7, 11) is -4.07. The first-order chi connectivity index (χ1) is 5.88. The monoisotopic (exact) mass is 202 g/mol. The summed E-state index contributed by atoms with van der Waals surface area (Å²) in [5.41, 5.74) is 1.03. The van der Waals surface area contributed by atoms with E-state index in [0.717, 1.165) is 5.56 Å². The Balaban J connectivity index is 3.04. The topological polar surface area (TPSA) is 74.6 Å². The maximum absolute atomic E-state index is 10.5. The lowest BCUT2D eigenvalue weighted by Gasteiger charge is -2.02. The van der Waals surface area contributed by atoms with Crippen LogP contribution < -0.4 is 0 Å². The molecule has 0 aliphatic carbocycles. The lowest BCUT2D eigenvalue weighted by Crippen LogP contribution is -2.01. The average Bonchev–Trinajstić information content (AvgIpc) is 1.93. The summed E-state index contributed by atoms with van der Waals surface area (Å²) < 4.78 is 29.5. The smallest absolute Gasteiger partial charge is 0.269 e. The van der Waals surface area contributed by atoms with Crippen molar-refractivity contribution in [3.8, 4) is 5.75 Å². The number of aryl methyl sites for hydroxylation is 1. The molecule has 0 unspecified atom stereocenters. The SMILES string of the molecule is Cc1ccc(CS(=O)(=O)O)c(O)c1. The Morgan fingerprint density at radius 2 is 2.00 bits per heavy atom. The van der Waals surface area contributed by atoms with Crippen LogP contribution in [-0.2, 0) is 15.9 Å². The zero-order chi connectivity index (χ0) is 10.1. The molecule has 1 aromatic carbocycles. The first-order valence-electron chi connectivity index (χ1n) is 3.62. The van der Waals surface area contributed by atoms with Crippen molar-refractivity contribution in [2.24, 2.45) is 0 Å². The van der Waals surface area contributed by atoms with Crippen LogP contribution in [0.15, 0.2) is 18.2 Å². The molecule has 0 saturated heterocycles. The summed E-state index contributed by atoms with van der Waals surface area (Å²) in [5.74, 6) is -0.670. The summed E-state index contributed by atoms with van der Waals surface area (Å²) >= 11 is 0. The van der Waals surface area contributed by atoms with Crippen molar-refractivity contribution in [3.63, 3.8) is 0 Å². The van der Waals surface area contributed by atoms with E-state index in [0.29, 0.717) is 0 Å². The highest BCUT2D eigenvalue weighted by Gasteiger charge is 2.10. The molecule has 0 spiro atoms. The molecule has 1 aromatic rings. The molecule has 0 heterocycles. The van der Waals surface area contributed by atoms with E-state index in [1.54, 1.807) is 13.0 Å². The highest BCUT2D eigenvalue weighted by atomic mass is 32.2. The van der Waals surface area contributed by atoms with Gasteiger partial charge in [0.1, 0.15) is 11.5 Å². The molecule has 0 atom stereocenters. The normalized spacial score (nSPS) is 11.5. The standard InChI is InChI=1S/C8H10O4S/c1-6-2-3-7(8(9)4-6)5-13(10,11)12/h2-4,9H,5H2,1H3,(H,10,11,12). The minimum Gasteiger partial charge on any atom is -0.508 e. The van der Waals surface area contributed by atoms with Gasteiger partial charge >= 0.3 is 0 Å². The first-order valence-corrected chi connectivity index (χ1v) is 5.23. The van der Waals surface area contributed by atoms with Crippen molar-refractivity contribution < 1.29 is 18.1 Å². The third-order valence-corrected chi connectivity index (χ3v) is 2.25. The van der Waals surface area contributed by atoms with Crippen LogP contribution in [-0.4, -0.2) is 18.1 Å². The van der Waals surface area contributed by atoms with Gasteiger partial charge in [0.2, 0.25) is 0 Å². The quantitative estimate of drug-likeness (QED) is 0.704. The number of hydrogen-bond acceptors (Lipinski definition) is 3. The molecule has 0 aliphatic rings. The number of phenolic OH excluding ortho intramolecular Hbond substituents is 1. The Morgan fingerprint density at radius 3 is 2.46 bits per heavy atom. The molecule has 2 N–H and O–H groups in total. The van der Waals surface area contributed by atoms with Crippen LogP contribution >= 0.6 is 0 Å². The number of rotatable bonds is 2. The van der Waals surface area contributed by atoms with E-state index in [2.05, 4.69) is 0 Å². The summed E-state index contributed by atoms with van der Waals surface area (Å²) in [5, 5.41) is 9.28. The highest BCUT2D eigenvalue weighted by Crippen LogP contribution is 2.20. The van der Waals surface area contributed by atoms with E-state index in [1.165, 1.54) is 12.1 Å². The maximum Gasteiger partial charge on any atom is 0.269 e. The number of benzene rings is 1. The third-order valence-electron chi connectivity index (χ3n) is 1.58. The van der Waals surface area contributed by atoms with Gasteiger partial charge in [0.25, 0.3) is 10.1 Å². The molecule has 13 heavy (non-hydrogen) atoms. The Hall–Kier alpha value is -1.07. The molecule has 0 amide bonds. The Bertz CT molecular complexity index is 408. The molecule has 0 saturated carbocycles. The van der Waals surface area contributed by atoms with Gasteiger partial charge in [-0.1, -0.05) is 12.1 Å². The number of hydrogen-bond donors (Lipinski definition) is 2. The minimum atomic E-state index is -4.07. The second-order valence-corrected chi connectivity index (χ2v) is 4.31. The Kier molecular flexibility index (Phi) is 2.58. The van der Waals surface area contributed by atoms with E-state index in [4.69, 9.17) is 4.55 Å². The number of phenols is 1. The Labute approximate surface area is 76.6 Å². The second-order valence-electron chi connectivity index (χ2n) is 2.86. The predicted octanol–water partition coefficient (Wildman–Crippen LogP) is 1.09. The van der Waals surface area contributed by atoms with Gasteiger partial charge in [-0.2, -0.15) is 8.42 Å². The Morgan fingerprint density at radius 1 is 1.38 bits per heavy atom. The van der Waals surface area contributed by atoms with E-state index < -0.39 is 15.9 Å².